The number of hydrogen-bond donors (Lipinski definition) is 2. The number of nitrogens with one attached hydrogen (secondary N) is 2. The Balaban J connectivity index is 0.000000330. The molecule has 0 saturated heterocycles. The molecular formula is C24H26Cl2N4O. The molecule has 7 heteroatoms. The largest absolute Gasteiger partial charge is 0.280 e. The van der Waals surface area contributed by atoms with Crippen LogP contribution < -0.4 is 10.9 Å². The number of carbonyl (C=O) groups excluding carboxylic acids is 1. The van der Waals surface area contributed by atoms with E-state index >= 15 is 0 Å². The summed E-state index contributed by atoms with van der Waals surface area (Å²) in [5.41, 5.74) is 8.59. The molecular weight excluding hydrogens is 431 g/mol. The highest BCUT2D eigenvalue weighted by atomic mass is 35.5. The van der Waals surface area contributed by atoms with Gasteiger partial charge in [-0.3, -0.25) is 15.6 Å². The molecule has 31 heavy (non-hydrogen) atoms. The molecule has 162 valence electrons. The zero-order chi connectivity index (χ0) is 21.9. The number of nitrogens with zero attached hydrogens (tertiary/aromatic N) is 2. The summed E-state index contributed by atoms with van der Waals surface area (Å²) in [6.45, 7) is 0. The van der Waals surface area contributed by atoms with Crippen molar-refractivity contribution in [2.75, 3.05) is 5.43 Å². The minimum absolute atomic E-state index is 0.428. The van der Waals surface area contributed by atoms with Crippen molar-refractivity contribution in [1.29, 1.82) is 0 Å². The van der Waals surface area contributed by atoms with Crippen LogP contribution in [0.5, 0.6) is 0 Å². The second-order valence-corrected chi connectivity index (χ2v) is 8.23. The summed E-state index contributed by atoms with van der Waals surface area (Å²) in [4.78, 5) is 10.6. The van der Waals surface area contributed by atoms with Gasteiger partial charge in [-0.05, 0) is 35.4 Å². The molecule has 0 unspecified atom stereocenters. The van der Waals surface area contributed by atoms with Gasteiger partial charge >= 0.3 is 0 Å². The first-order chi connectivity index (χ1) is 15.2. The molecule has 0 spiro atoms. The van der Waals surface area contributed by atoms with Crippen LogP contribution in [0.3, 0.4) is 0 Å². The van der Waals surface area contributed by atoms with Crippen molar-refractivity contribution in [3.63, 3.8) is 0 Å². The molecule has 0 bridgehead atoms. The van der Waals surface area contributed by atoms with Gasteiger partial charge < -0.3 is 0 Å². The monoisotopic (exact) mass is 456 g/mol. The Bertz CT molecular complexity index is 943. The second-order valence-electron chi connectivity index (χ2n) is 7.36. The highest BCUT2D eigenvalue weighted by Crippen LogP contribution is 2.36. The molecule has 2 aromatic carbocycles. The van der Waals surface area contributed by atoms with E-state index in [1.807, 2.05) is 24.3 Å². The molecule has 2 N–H and O–H groups in total. The van der Waals surface area contributed by atoms with Gasteiger partial charge in [-0.15, -0.1) is 5.10 Å². The lowest BCUT2D eigenvalue weighted by molar-refractivity contribution is -0.109. The van der Waals surface area contributed by atoms with Gasteiger partial charge in [-0.25, -0.2) is 0 Å². The van der Waals surface area contributed by atoms with Crippen molar-refractivity contribution >= 4 is 35.4 Å². The number of amides is 1. The van der Waals surface area contributed by atoms with Crippen molar-refractivity contribution in [2.24, 2.45) is 0 Å². The molecule has 1 aliphatic carbocycles. The minimum atomic E-state index is 0.428. The van der Waals surface area contributed by atoms with Crippen LogP contribution in [0.15, 0.2) is 54.7 Å². The van der Waals surface area contributed by atoms with Gasteiger partial charge in [0.05, 0.1) is 6.20 Å². The summed E-state index contributed by atoms with van der Waals surface area (Å²) in [5.74, 6) is 0.428. The fourth-order valence-corrected chi connectivity index (χ4v) is 3.82. The lowest BCUT2D eigenvalue weighted by Gasteiger charge is -2.14. The predicted octanol–water partition coefficient (Wildman–Crippen LogP) is 6.92. The predicted molar refractivity (Wildman–Crippen MR) is 128 cm³/mol. The first-order valence-corrected chi connectivity index (χ1v) is 11.3. The maximum atomic E-state index is 10.6. The second kappa shape index (κ2) is 12.3. The third-order valence-electron chi connectivity index (χ3n) is 5.14. The van der Waals surface area contributed by atoms with Crippen LogP contribution in [0.2, 0.25) is 10.0 Å². The van der Waals surface area contributed by atoms with Crippen molar-refractivity contribution in [3.8, 4) is 22.3 Å². The third kappa shape index (κ3) is 6.94. The van der Waals surface area contributed by atoms with Crippen molar-refractivity contribution < 1.29 is 4.79 Å². The Morgan fingerprint density at radius 2 is 1.23 bits per heavy atom. The average Bonchev–Trinajstić information content (AvgIpc) is 3.12. The molecule has 1 amide bonds. The van der Waals surface area contributed by atoms with Gasteiger partial charge in [0, 0.05) is 21.2 Å². The highest BCUT2D eigenvalue weighted by Gasteiger charge is 2.15. The SMILES string of the molecule is C1CCCCCC1.O=CNNc1nncc(-c2ccc(Cl)cc2)c1-c1ccc(Cl)cc1. The fourth-order valence-electron chi connectivity index (χ4n) is 3.57. The summed E-state index contributed by atoms with van der Waals surface area (Å²) in [7, 11) is 0. The number of carbonyl (C=O) groups is 1. The van der Waals surface area contributed by atoms with Crippen LogP contribution in [0.25, 0.3) is 22.3 Å². The van der Waals surface area contributed by atoms with E-state index in [0.29, 0.717) is 22.3 Å². The Kier molecular flexibility index (Phi) is 9.13. The van der Waals surface area contributed by atoms with E-state index in [1.165, 1.54) is 44.9 Å². The van der Waals surface area contributed by atoms with E-state index in [0.717, 1.165) is 22.3 Å². The third-order valence-corrected chi connectivity index (χ3v) is 5.64. The van der Waals surface area contributed by atoms with Crippen LogP contribution in [-0.2, 0) is 4.79 Å². The van der Waals surface area contributed by atoms with Crippen molar-refractivity contribution in [3.05, 3.63) is 64.8 Å². The summed E-state index contributed by atoms with van der Waals surface area (Å²) in [6.07, 6.45) is 12.7. The Morgan fingerprint density at radius 1 is 0.742 bits per heavy atom. The maximum Gasteiger partial charge on any atom is 0.225 e. The number of halogens is 2. The zero-order valence-corrected chi connectivity index (χ0v) is 18.8. The van der Waals surface area contributed by atoms with Gasteiger partial charge in [-0.1, -0.05) is 92.4 Å². The number of aromatic nitrogens is 2. The Hall–Kier alpha value is -2.63. The number of hydrazine groups is 1. The molecule has 1 aliphatic rings. The fraction of sp³-hybridized carbons (Fsp3) is 0.292. The number of benzene rings is 2. The normalized spacial score (nSPS) is 13.4. The summed E-state index contributed by atoms with van der Waals surface area (Å²) < 4.78 is 0. The van der Waals surface area contributed by atoms with Gasteiger partial charge in [0.15, 0.2) is 5.82 Å². The average molecular weight is 457 g/mol. The highest BCUT2D eigenvalue weighted by molar-refractivity contribution is 6.31. The Morgan fingerprint density at radius 3 is 1.71 bits per heavy atom. The lowest BCUT2D eigenvalue weighted by Crippen LogP contribution is -2.21. The molecule has 1 aromatic heterocycles. The van der Waals surface area contributed by atoms with Crippen LogP contribution >= 0.6 is 23.2 Å². The zero-order valence-electron chi connectivity index (χ0n) is 17.3. The van der Waals surface area contributed by atoms with E-state index in [9.17, 15) is 4.79 Å². The van der Waals surface area contributed by atoms with Crippen LogP contribution in [0.1, 0.15) is 44.9 Å². The molecule has 1 heterocycles. The van der Waals surface area contributed by atoms with Crippen LogP contribution in [0.4, 0.5) is 5.82 Å². The summed E-state index contributed by atoms with van der Waals surface area (Å²) in [6, 6.07) is 14.8. The van der Waals surface area contributed by atoms with E-state index in [2.05, 4.69) is 21.0 Å². The molecule has 3 aromatic rings. The number of rotatable bonds is 5. The molecule has 0 radical (unpaired) electrons. The smallest absolute Gasteiger partial charge is 0.225 e. The maximum absolute atomic E-state index is 10.6. The van der Waals surface area contributed by atoms with Crippen molar-refractivity contribution in [1.82, 2.24) is 15.6 Å². The quantitative estimate of drug-likeness (QED) is 0.248. The first kappa shape index (κ1) is 23.0. The topological polar surface area (TPSA) is 66.9 Å². The number of anilines is 1. The lowest BCUT2D eigenvalue weighted by atomic mass is 9.97. The van der Waals surface area contributed by atoms with Crippen LogP contribution in [0, 0.1) is 0 Å². The summed E-state index contributed by atoms with van der Waals surface area (Å²) >= 11 is 11.9. The van der Waals surface area contributed by atoms with Gasteiger partial charge in [0.25, 0.3) is 0 Å². The summed E-state index contributed by atoms with van der Waals surface area (Å²) in [5, 5.41) is 9.37. The van der Waals surface area contributed by atoms with Crippen molar-refractivity contribution in [2.45, 2.75) is 44.9 Å². The van der Waals surface area contributed by atoms with Gasteiger partial charge in [-0.2, -0.15) is 5.10 Å². The molecule has 1 fully saturated rings. The van der Waals surface area contributed by atoms with E-state index in [-0.39, 0.29) is 0 Å². The standard InChI is InChI=1S/C17H12Cl2N4O.C7H14/c18-13-5-1-11(2-6-13)15-9-20-22-17(23-21-10-24)16(15)12-3-7-14(19)8-4-12;1-2-4-6-7-5-3-1/h1-10H,(H,21,24)(H,22,23);1-7H2. The van der Waals surface area contributed by atoms with Crippen LogP contribution in [-0.4, -0.2) is 16.6 Å². The molecule has 0 atom stereocenters. The van der Waals surface area contributed by atoms with Gasteiger partial charge in [0.2, 0.25) is 6.41 Å². The Labute approximate surface area is 193 Å². The molecule has 1 saturated carbocycles. The minimum Gasteiger partial charge on any atom is -0.280 e. The molecule has 4 rings (SSSR count). The van der Waals surface area contributed by atoms with E-state index in [4.69, 9.17) is 23.2 Å². The molecule has 5 nitrogen and oxygen atoms in total. The van der Waals surface area contributed by atoms with E-state index < -0.39 is 0 Å². The van der Waals surface area contributed by atoms with E-state index in [1.54, 1.807) is 30.5 Å². The molecule has 0 aliphatic heterocycles. The first-order valence-electron chi connectivity index (χ1n) is 10.5. The number of hydrogen-bond acceptors (Lipinski definition) is 4. The van der Waals surface area contributed by atoms with Gasteiger partial charge in [0.1, 0.15) is 0 Å².